The third-order valence-electron chi connectivity index (χ3n) is 6.23. The molecule has 1 aliphatic rings. The predicted octanol–water partition coefficient (Wildman–Crippen LogP) is 4.45. The monoisotopic (exact) mass is 495 g/mol. The van der Waals surface area contributed by atoms with E-state index in [2.05, 4.69) is 6.92 Å². The highest BCUT2D eigenvalue weighted by Gasteiger charge is 2.51. The Bertz CT molecular complexity index is 1020. The number of carbonyl (C=O) groups is 4. The number of ether oxygens (including phenoxy) is 3. The Kier molecular flexibility index (Phi) is 10.0. The third kappa shape index (κ3) is 6.71. The second kappa shape index (κ2) is 13.4. The first-order chi connectivity index (χ1) is 17.5. The average molecular weight is 496 g/mol. The number of hydrogen-bond acceptors (Lipinski definition) is 7. The number of ketones is 1. The molecule has 0 aliphatic carbocycles. The summed E-state index contributed by atoms with van der Waals surface area (Å²) in [6.45, 7) is 4.40. The molecule has 0 bridgehead atoms. The first-order valence-corrected chi connectivity index (χ1v) is 12.3. The molecule has 2 aromatic rings. The van der Waals surface area contributed by atoms with Crippen LogP contribution in [0.4, 0.5) is 4.79 Å². The summed E-state index contributed by atoms with van der Waals surface area (Å²) in [5.74, 6) is -1.74. The van der Waals surface area contributed by atoms with Crippen molar-refractivity contribution in [2.75, 3.05) is 19.8 Å². The maximum absolute atomic E-state index is 13.5. The van der Waals surface area contributed by atoms with Gasteiger partial charge in [-0.3, -0.25) is 9.69 Å². The van der Waals surface area contributed by atoms with E-state index in [0.29, 0.717) is 24.2 Å². The molecule has 0 aromatic heterocycles. The van der Waals surface area contributed by atoms with Gasteiger partial charge in [-0.1, -0.05) is 43.7 Å². The summed E-state index contributed by atoms with van der Waals surface area (Å²) < 4.78 is 16.3. The maximum Gasteiger partial charge on any atom is 0.410 e. The molecular weight excluding hydrogens is 462 g/mol. The van der Waals surface area contributed by atoms with Gasteiger partial charge in [-0.2, -0.15) is 0 Å². The molecule has 3 rings (SSSR count). The smallest absolute Gasteiger partial charge is 0.410 e. The lowest BCUT2D eigenvalue weighted by molar-refractivity contribution is -0.149. The van der Waals surface area contributed by atoms with Crippen molar-refractivity contribution in [2.45, 2.75) is 45.8 Å². The number of carbonyl (C=O) groups excluding carboxylic acids is 4. The fraction of sp³-hybridized carbons (Fsp3) is 0.429. The molecule has 192 valence electrons. The van der Waals surface area contributed by atoms with Gasteiger partial charge in [-0.25, -0.2) is 9.59 Å². The van der Waals surface area contributed by atoms with E-state index in [0.717, 1.165) is 18.4 Å². The van der Waals surface area contributed by atoms with Crippen LogP contribution in [0.15, 0.2) is 54.6 Å². The Morgan fingerprint density at radius 1 is 1.00 bits per heavy atom. The van der Waals surface area contributed by atoms with Crippen LogP contribution in [0.2, 0.25) is 0 Å². The topological polar surface area (TPSA) is 99.2 Å². The van der Waals surface area contributed by atoms with Crippen molar-refractivity contribution in [1.29, 1.82) is 0 Å². The van der Waals surface area contributed by atoms with E-state index < -0.39 is 29.9 Å². The van der Waals surface area contributed by atoms with E-state index in [9.17, 15) is 19.2 Å². The Morgan fingerprint density at radius 2 is 1.72 bits per heavy atom. The molecule has 0 radical (unpaired) electrons. The predicted molar refractivity (Wildman–Crippen MR) is 133 cm³/mol. The number of hydrogen-bond donors (Lipinski definition) is 0. The molecular formula is C28H33NO7. The lowest BCUT2D eigenvalue weighted by Gasteiger charge is -2.25. The van der Waals surface area contributed by atoms with E-state index in [1.54, 1.807) is 31.2 Å². The summed E-state index contributed by atoms with van der Waals surface area (Å²) in [4.78, 5) is 52.2. The average Bonchev–Trinajstić information content (AvgIpc) is 3.28. The molecule has 1 fully saturated rings. The molecule has 1 saturated heterocycles. The largest absolute Gasteiger partial charge is 0.494 e. The summed E-state index contributed by atoms with van der Waals surface area (Å²) in [7, 11) is 0. The SMILES string of the molecule is CCCCOc1ccc(C(=O)[C@H]2CN(C(=O)OCc3ccccc3)[C@H](C(=O)OCC)[C@H]2CC=O)cc1. The number of nitrogens with zero attached hydrogens (tertiary/aromatic N) is 1. The molecule has 0 spiro atoms. The number of unbranched alkanes of at least 4 members (excludes halogenated alkanes) is 1. The van der Waals surface area contributed by atoms with Crippen molar-refractivity contribution in [3.63, 3.8) is 0 Å². The molecule has 0 saturated carbocycles. The molecule has 1 amide bonds. The van der Waals surface area contributed by atoms with Gasteiger partial charge in [0, 0.05) is 30.4 Å². The van der Waals surface area contributed by atoms with Crippen molar-refractivity contribution < 1.29 is 33.4 Å². The minimum atomic E-state index is -1.09. The van der Waals surface area contributed by atoms with Gasteiger partial charge < -0.3 is 19.0 Å². The summed E-state index contributed by atoms with van der Waals surface area (Å²) in [5.41, 5.74) is 1.21. The molecule has 3 atom stereocenters. The van der Waals surface area contributed by atoms with Crippen LogP contribution in [0.3, 0.4) is 0 Å². The van der Waals surface area contributed by atoms with Gasteiger partial charge in [0.2, 0.25) is 0 Å². The van der Waals surface area contributed by atoms with E-state index in [4.69, 9.17) is 14.2 Å². The highest BCUT2D eigenvalue weighted by atomic mass is 16.6. The fourth-order valence-corrected chi connectivity index (χ4v) is 4.38. The van der Waals surface area contributed by atoms with Gasteiger partial charge in [0.1, 0.15) is 24.7 Å². The van der Waals surface area contributed by atoms with Crippen molar-refractivity contribution in [1.82, 2.24) is 4.90 Å². The zero-order valence-corrected chi connectivity index (χ0v) is 20.8. The van der Waals surface area contributed by atoms with Crippen LogP contribution < -0.4 is 4.74 Å². The minimum Gasteiger partial charge on any atom is -0.494 e. The lowest BCUT2D eigenvalue weighted by atomic mass is 9.83. The van der Waals surface area contributed by atoms with Crippen LogP contribution >= 0.6 is 0 Å². The molecule has 1 aliphatic heterocycles. The van der Waals surface area contributed by atoms with Gasteiger partial charge in [-0.15, -0.1) is 0 Å². The number of aldehydes is 1. The lowest BCUT2D eigenvalue weighted by Crippen LogP contribution is -2.44. The van der Waals surface area contributed by atoms with Crippen LogP contribution in [0.25, 0.3) is 0 Å². The Hall–Kier alpha value is -3.68. The standard InChI is InChI=1S/C28H33NO7/c1-3-5-17-35-22-13-11-21(12-14-22)26(31)24-18-29(25(23(24)15-16-30)27(32)34-4-2)28(33)36-19-20-9-7-6-8-10-20/h6-14,16,23-25H,3-5,15,17-19H2,1-2H3/t23-,24-,25-/m0/s1. The van der Waals surface area contributed by atoms with Gasteiger partial charge in [0.05, 0.1) is 13.2 Å². The molecule has 8 heteroatoms. The summed E-state index contributed by atoms with van der Waals surface area (Å²) >= 11 is 0. The fourth-order valence-electron chi connectivity index (χ4n) is 4.38. The van der Waals surface area contributed by atoms with Crippen molar-refractivity contribution in [3.8, 4) is 5.75 Å². The van der Waals surface area contributed by atoms with E-state index in [1.165, 1.54) is 4.90 Å². The van der Waals surface area contributed by atoms with Crippen LogP contribution in [-0.2, 0) is 25.7 Å². The molecule has 8 nitrogen and oxygen atoms in total. The number of rotatable bonds is 12. The number of amides is 1. The molecule has 0 N–H and O–H groups in total. The van der Waals surface area contributed by atoms with E-state index >= 15 is 0 Å². The molecule has 36 heavy (non-hydrogen) atoms. The molecule has 1 heterocycles. The first kappa shape index (κ1) is 26.9. The normalized spacial score (nSPS) is 18.9. The van der Waals surface area contributed by atoms with E-state index in [-0.39, 0.29) is 32.0 Å². The number of benzene rings is 2. The van der Waals surface area contributed by atoms with E-state index in [1.807, 2.05) is 30.3 Å². The van der Waals surface area contributed by atoms with Crippen LogP contribution in [0.1, 0.15) is 49.0 Å². The third-order valence-corrected chi connectivity index (χ3v) is 6.23. The Balaban J connectivity index is 1.81. The van der Waals surface area contributed by atoms with Crippen LogP contribution in [0, 0.1) is 11.8 Å². The zero-order valence-electron chi connectivity index (χ0n) is 20.8. The van der Waals surface area contributed by atoms with Crippen molar-refractivity contribution in [2.24, 2.45) is 11.8 Å². The first-order valence-electron chi connectivity index (χ1n) is 12.3. The van der Waals surface area contributed by atoms with Gasteiger partial charge >= 0.3 is 12.1 Å². The Labute approximate surface area is 211 Å². The minimum absolute atomic E-state index is 0.0160. The second-order valence-electron chi connectivity index (χ2n) is 8.65. The zero-order chi connectivity index (χ0) is 25.9. The maximum atomic E-state index is 13.5. The quantitative estimate of drug-likeness (QED) is 0.186. The van der Waals surface area contributed by atoms with Gasteiger partial charge in [-0.05, 0) is 43.2 Å². The molecule has 2 aromatic carbocycles. The summed E-state index contributed by atoms with van der Waals surface area (Å²) in [6.07, 6.45) is 1.81. The number of esters is 1. The number of likely N-dealkylation sites (tertiary alicyclic amines) is 1. The van der Waals surface area contributed by atoms with Crippen LogP contribution in [-0.4, -0.2) is 54.8 Å². The van der Waals surface area contributed by atoms with Crippen LogP contribution in [0.5, 0.6) is 5.75 Å². The number of Topliss-reactive ketones (excluding diaryl/α,β-unsaturated/α-hetero) is 1. The Morgan fingerprint density at radius 3 is 2.36 bits per heavy atom. The van der Waals surface area contributed by atoms with Gasteiger partial charge in [0.25, 0.3) is 0 Å². The van der Waals surface area contributed by atoms with Crippen molar-refractivity contribution in [3.05, 3.63) is 65.7 Å². The molecule has 0 unspecified atom stereocenters. The highest BCUT2D eigenvalue weighted by Crippen LogP contribution is 2.36. The second-order valence-corrected chi connectivity index (χ2v) is 8.65. The summed E-state index contributed by atoms with van der Waals surface area (Å²) in [6, 6.07) is 14.8. The van der Waals surface area contributed by atoms with Crippen molar-refractivity contribution >= 4 is 24.1 Å². The highest BCUT2D eigenvalue weighted by molar-refractivity contribution is 6.00. The van der Waals surface area contributed by atoms with Gasteiger partial charge in [0.15, 0.2) is 5.78 Å². The summed E-state index contributed by atoms with van der Waals surface area (Å²) in [5, 5.41) is 0.